The summed E-state index contributed by atoms with van der Waals surface area (Å²) in [6.07, 6.45) is 0. The van der Waals surface area contributed by atoms with Crippen LogP contribution in [0.2, 0.25) is 0 Å². The van der Waals surface area contributed by atoms with Crippen molar-refractivity contribution in [1.82, 2.24) is 0 Å². The number of ether oxygens (including phenoxy) is 2. The third-order valence-electron chi connectivity index (χ3n) is 2.90. The second-order valence-electron chi connectivity index (χ2n) is 4.57. The van der Waals surface area contributed by atoms with Gasteiger partial charge < -0.3 is 20.9 Å². The van der Waals surface area contributed by atoms with E-state index in [2.05, 4.69) is 0 Å². The average Bonchev–Trinajstić information content (AvgIpc) is 2.46. The molecule has 0 unspecified atom stereocenters. The van der Waals surface area contributed by atoms with E-state index in [0.29, 0.717) is 41.7 Å². The number of hydrogen-bond acceptors (Lipinski definition) is 5. The van der Waals surface area contributed by atoms with Gasteiger partial charge in [0.25, 0.3) is 0 Å². The summed E-state index contributed by atoms with van der Waals surface area (Å²) in [5.41, 5.74) is 13.1. The van der Waals surface area contributed by atoms with Gasteiger partial charge in [-0.1, -0.05) is 0 Å². The maximum absolute atomic E-state index is 11.1. The molecule has 5 heteroatoms. The molecule has 110 valence electrons. The molecule has 5 nitrogen and oxygen atoms in total. The highest BCUT2D eigenvalue weighted by Crippen LogP contribution is 2.23. The summed E-state index contributed by atoms with van der Waals surface area (Å²) in [6.45, 7) is 2.27. The van der Waals surface area contributed by atoms with Gasteiger partial charge in [0.1, 0.15) is 24.7 Å². The second kappa shape index (κ2) is 6.65. The van der Waals surface area contributed by atoms with Crippen LogP contribution in [0.3, 0.4) is 0 Å². The maximum atomic E-state index is 11.1. The number of rotatable bonds is 6. The molecule has 0 aromatic heterocycles. The number of hydrogen-bond donors (Lipinski definition) is 2. The molecule has 0 aliphatic carbocycles. The summed E-state index contributed by atoms with van der Waals surface area (Å²) in [6, 6.07) is 12.1. The van der Waals surface area contributed by atoms with E-state index in [9.17, 15) is 4.79 Å². The van der Waals surface area contributed by atoms with E-state index in [1.807, 2.05) is 0 Å². The Hall–Kier alpha value is -2.69. The summed E-state index contributed by atoms with van der Waals surface area (Å²) < 4.78 is 11.0. The van der Waals surface area contributed by atoms with Gasteiger partial charge in [0.2, 0.25) is 0 Å². The number of ketones is 1. The van der Waals surface area contributed by atoms with Crippen LogP contribution in [-0.2, 0) is 0 Å². The van der Waals surface area contributed by atoms with Gasteiger partial charge >= 0.3 is 0 Å². The molecule has 0 heterocycles. The summed E-state index contributed by atoms with van der Waals surface area (Å²) in [4.78, 5) is 11.1. The number of carbonyl (C=O) groups is 1. The Balaban J connectivity index is 1.80. The van der Waals surface area contributed by atoms with Crippen LogP contribution in [0.1, 0.15) is 17.3 Å². The number of nitrogens with two attached hydrogens (primary N) is 2. The fourth-order valence-electron chi connectivity index (χ4n) is 1.80. The van der Waals surface area contributed by atoms with Gasteiger partial charge in [-0.2, -0.15) is 0 Å². The molecule has 0 aliphatic rings. The Morgan fingerprint density at radius 1 is 1.00 bits per heavy atom. The quantitative estimate of drug-likeness (QED) is 0.484. The van der Waals surface area contributed by atoms with Crippen molar-refractivity contribution in [3.63, 3.8) is 0 Å². The fraction of sp³-hybridized carbons (Fsp3) is 0.188. The summed E-state index contributed by atoms with van der Waals surface area (Å²) in [5.74, 6) is 1.30. The lowest BCUT2D eigenvalue weighted by Crippen LogP contribution is -2.10. The summed E-state index contributed by atoms with van der Waals surface area (Å²) in [5, 5.41) is 0. The third-order valence-corrected chi connectivity index (χ3v) is 2.90. The lowest BCUT2D eigenvalue weighted by atomic mass is 10.1. The van der Waals surface area contributed by atoms with Crippen molar-refractivity contribution in [2.45, 2.75) is 6.92 Å². The summed E-state index contributed by atoms with van der Waals surface area (Å²) in [7, 11) is 0. The number of carbonyl (C=O) groups excluding carboxylic acids is 1. The first-order valence-corrected chi connectivity index (χ1v) is 6.58. The van der Waals surface area contributed by atoms with Crippen LogP contribution in [0, 0.1) is 0 Å². The summed E-state index contributed by atoms with van der Waals surface area (Å²) >= 11 is 0. The van der Waals surface area contributed by atoms with Gasteiger partial charge in [-0.05, 0) is 49.4 Å². The van der Waals surface area contributed by atoms with Crippen molar-refractivity contribution >= 4 is 17.2 Å². The smallest absolute Gasteiger partial charge is 0.159 e. The molecule has 0 spiro atoms. The minimum atomic E-state index is 0.0312. The Labute approximate surface area is 123 Å². The highest BCUT2D eigenvalue weighted by atomic mass is 16.5. The van der Waals surface area contributed by atoms with E-state index < -0.39 is 0 Å². The molecule has 0 fully saturated rings. The Morgan fingerprint density at radius 3 is 2.29 bits per heavy atom. The standard InChI is InChI=1S/C16H18N2O3/c1-11(19)12-2-5-14(6-3-12)20-8-9-21-16-7-4-13(17)10-15(16)18/h2-7,10H,8-9,17-18H2,1H3. The van der Waals surface area contributed by atoms with Gasteiger partial charge in [-0.25, -0.2) is 0 Å². The van der Waals surface area contributed by atoms with Crippen molar-refractivity contribution in [2.75, 3.05) is 24.7 Å². The minimum absolute atomic E-state index is 0.0312. The maximum Gasteiger partial charge on any atom is 0.159 e. The van der Waals surface area contributed by atoms with E-state index in [0.717, 1.165) is 0 Å². The van der Waals surface area contributed by atoms with Crippen molar-refractivity contribution in [3.8, 4) is 11.5 Å². The molecular weight excluding hydrogens is 268 g/mol. The van der Waals surface area contributed by atoms with Gasteiger partial charge in [-0.3, -0.25) is 4.79 Å². The Morgan fingerprint density at radius 2 is 1.67 bits per heavy atom. The zero-order valence-corrected chi connectivity index (χ0v) is 11.8. The average molecular weight is 286 g/mol. The first-order chi connectivity index (χ1) is 10.1. The lowest BCUT2D eigenvalue weighted by Gasteiger charge is -2.10. The second-order valence-corrected chi connectivity index (χ2v) is 4.57. The fourth-order valence-corrected chi connectivity index (χ4v) is 1.80. The molecule has 0 atom stereocenters. The van der Waals surface area contributed by atoms with E-state index in [1.165, 1.54) is 6.92 Å². The highest BCUT2D eigenvalue weighted by molar-refractivity contribution is 5.94. The van der Waals surface area contributed by atoms with Gasteiger partial charge in [-0.15, -0.1) is 0 Å². The van der Waals surface area contributed by atoms with Gasteiger partial charge in [0, 0.05) is 11.3 Å². The zero-order chi connectivity index (χ0) is 15.2. The molecule has 2 aromatic rings. The molecule has 0 bridgehead atoms. The largest absolute Gasteiger partial charge is 0.490 e. The van der Waals surface area contributed by atoms with Crippen molar-refractivity contribution in [3.05, 3.63) is 48.0 Å². The molecule has 21 heavy (non-hydrogen) atoms. The SMILES string of the molecule is CC(=O)c1ccc(OCCOc2ccc(N)cc2N)cc1. The Bertz CT molecular complexity index is 624. The van der Waals surface area contributed by atoms with Gasteiger partial charge in [0.15, 0.2) is 5.78 Å². The molecule has 2 aromatic carbocycles. The van der Waals surface area contributed by atoms with E-state index in [4.69, 9.17) is 20.9 Å². The molecule has 4 N–H and O–H groups in total. The molecule has 0 saturated heterocycles. The molecule has 0 saturated carbocycles. The van der Waals surface area contributed by atoms with E-state index in [1.54, 1.807) is 42.5 Å². The first kappa shape index (κ1) is 14.7. The number of Topliss-reactive ketones (excluding diaryl/α,β-unsaturated/α-hetero) is 1. The van der Waals surface area contributed by atoms with Crippen LogP contribution in [0.25, 0.3) is 0 Å². The van der Waals surface area contributed by atoms with Crippen LogP contribution in [0.15, 0.2) is 42.5 Å². The zero-order valence-electron chi connectivity index (χ0n) is 11.8. The van der Waals surface area contributed by atoms with Crippen molar-refractivity contribution < 1.29 is 14.3 Å². The topological polar surface area (TPSA) is 87.6 Å². The number of benzene rings is 2. The lowest BCUT2D eigenvalue weighted by molar-refractivity contribution is 0.101. The van der Waals surface area contributed by atoms with Crippen LogP contribution in [0.4, 0.5) is 11.4 Å². The molecular formula is C16H18N2O3. The van der Waals surface area contributed by atoms with Crippen LogP contribution in [-0.4, -0.2) is 19.0 Å². The van der Waals surface area contributed by atoms with E-state index in [-0.39, 0.29) is 5.78 Å². The Kier molecular flexibility index (Phi) is 4.66. The van der Waals surface area contributed by atoms with Crippen LogP contribution >= 0.6 is 0 Å². The first-order valence-electron chi connectivity index (χ1n) is 6.58. The molecule has 0 radical (unpaired) electrons. The van der Waals surface area contributed by atoms with E-state index >= 15 is 0 Å². The number of nitrogen functional groups attached to an aromatic ring is 2. The van der Waals surface area contributed by atoms with Gasteiger partial charge in [0.05, 0.1) is 5.69 Å². The van der Waals surface area contributed by atoms with Crippen molar-refractivity contribution in [2.24, 2.45) is 0 Å². The minimum Gasteiger partial charge on any atom is -0.490 e. The normalized spacial score (nSPS) is 10.1. The molecule has 2 rings (SSSR count). The monoisotopic (exact) mass is 286 g/mol. The number of anilines is 2. The predicted octanol–water partition coefficient (Wildman–Crippen LogP) is 2.51. The molecule has 0 amide bonds. The predicted molar refractivity (Wildman–Crippen MR) is 82.7 cm³/mol. The van der Waals surface area contributed by atoms with Crippen LogP contribution in [0.5, 0.6) is 11.5 Å². The third kappa shape index (κ3) is 4.14. The van der Waals surface area contributed by atoms with Crippen molar-refractivity contribution in [1.29, 1.82) is 0 Å². The van der Waals surface area contributed by atoms with Crippen LogP contribution < -0.4 is 20.9 Å². The highest BCUT2D eigenvalue weighted by Gasteiger charge is 2.02. The molecule has 0 aliphatic heterocycles.